The average Bonchev–Trinajstić information content (AvgIpc) is 3.03. The van der Waals surface area contributed by atoms with E-state index >= 15 is 0 Å². The second-order valence-electron chi connectivity index (χ2n) is 6.22. The van der Waals surface area contributed by atoms with Gasteiger partial charge in [-0.2, -0.15) is 13.2 Å². The molecule has 2 aromatic rings. The number of aliphatic hydroxyl groups excluding tert-OH is 1. The molecule has 0 saturated carbocycles. The zero-order chi connectivity index (χ0) is 17.5. The number of alkyl halides is 3. The van der Waals surface area contributed by atoms with Crippen molar-refractivity contribution in [3.8, 4) is 0 Å². The topological polar surface area (TPSA) is 49.5 Å². The third-order valence-corrected chi connectivity index (χ3v) is 4.55. The standard InChI is InChI=1S/C17H19F3N2O2/c1-10-14(11(2)24-21-10)9-22-8-12(23)7-16(22)13-5-3-4-6-15(13)17(18,19)20/h3-6,12,16,23H,7-9H2,1-2H3/t12-,16+/m0/s1. The lowest BCUT2D eigenvalue weighted by atomic mass is 9.97. The number of halogens is 3. The van der Waals surface area contributed by atoms with Crippen LogP contribution in [0.2, 0.25) is 0 Å². The van der Waals surface area contributed by atoms with Gasteiger partial charge in [0.2, 0.25) is 0 Å². The molecule has 1 aliphatic heterocycles. The fourth-order valence-electron chi connectivity index (χ4n) is 3.35. The maximum absolute atomic E-state index is 13.3. The minimum Gasteiger partial charge on any atom is -0.392 e. The summed E-state index contributed by atoms with van der Waals surface area (Å²) >= 11 is 0. The Labute approximate surface area is 137 Å². The molecule has 130 valence electrons. The van der Waals surface area contributed by atoms with Crippen molar-refractivity contribution < 1.29 is 22.8 Å². The predicted octanol–water partition coefficient (Wildman–Crippen LogP) is 3.62. The smallest absolute Gasteiger partial charge is 0.392 e. The number of hydrogen-bond donors (Lipinski definition) is 1. The molecule has 1 aromatic carbocycles. The average molecular weight is 340 g/mol. The third kappa shape index (κ3) is 3.18. The third-order valence-electron chi connectivity index (χ3n) is 4.55. The van der Waals surface area contributed by atoms with Crippen LogP contribution in [0.25, 0.3) is 0 Å². The van der Waals surface area contributed by atoms with Crippen LogP contribution in [0, 0.1) is 13.8 Å². The maximum Gasteiger partial charge on any atom is 0.416 e. The van der Waals surface area contributed by atoms with Crippen LogP contribution in [0.3, 0.4) is 0 Å². The van der Waals surface area contributed by atoms with Crippen LogP contribution >= 0.6 is 0 Å². The first-order valence-corrected chi connectivity index (χ1v) is 7.77. The Morgan fingerprint density at radius 1 is 1.29 bits per heavy atom. The fourth-order valence-corrected chi connectivity index (χ4v) is 3.35. The molecule has 3 rings (SSSR count). The Morgan fingerprint density at radius 3 is 2.62 bits per heavy atom. The molecule has 1 fully saturated rings. The Hall–Kier alpha value is -1.86. The van der Waals surface area contributed by atoms with E-state index in [0.717, 1.165) is 17.3 Å². The van der Waals surface area contributed by atoms with Crippen LogP contribution < -0.4 is 0 Å². The Morgan fingerprint density at radius 2 is 2.00 bits per heavy atom. The van der Waals surface area contributed by atoms with E-state index in [9.17, 15) is 18.3 Å². The quantitative estimate of drug-likeness (QED) is 0.927. The molecule has 0 amide bonds. The van der Waals surface area contributed by atoms with Crippen LogP contribution in [-0.2, 0) is 12.7 Å². The summed E-state index contributed by atoms with van der Waals surface area (Å²) in [5.74, 6) is 0.650. The Bertz CT molecular complexity index is 707. The maximum atomic E-state index is 13.3. The molecule has 1 saturated heterocycles. The highest BCUT2D eigenvalue weighted by molar-refractivity contribution is 5.34. The van der Waals surface area contributed by atoms with Gasteiger partial charge in [0.1, 0.15) is 5.76 Å². The summed E-state index contributed by atoms with van der Waals surface area (Å²) in [4.78, 5) is 1.86. The molecule has 0 bridgehead atoms. The van der Waals surface area contributed by atoms with Gasteiger partial charge in [-0.1, -0.05) is 23.4 Å². The minimum atomic E-state index is -4.42. The van der Waals surface area contributed by atoms with Crippen molar-refractivity contribution in [2.75, 3.05) is 6.54 Å². The van der Waals surface area contributed by atoms with Gasteiger partial charge in [0.25, 0.3) is 0 Å². The summed E-state index contributed by atoms with van der Waals surface area (Å²) in [7, 11) is 0. The van der Waals surface area contributed by atoms with Crippen molar-refractivity contribution in [2.24, 2.45) is 0 Å². The van der Waals surface area contributed by atoms with E-state index in [1.165, 1.54) is 12.1 Å². The molecule has 0 unspecified atom stereocenters. The molecule has 1 aliphatic rings. The summed E-state index contributed by atoms with van der Waals surface area (Å²) in [6.45, 7) is 4.30. The van der Waals surface area contributed by atoms with E-state index in [2.05, 4.69) is 5.16 Å². The molecular weight excluding hydrogens is 321 g/mol. The summed E-state index contributed by atoms with van der Waals surface area (Å²) in [6, 6.07) is 5.08. The zero-order valence-electron chi connectivity index (χ0n) is 13.5. The van der Waals surface area contributed by atoms with Gasteiger partial charge in [0.15, 0.2) is 0 Å². The Balaban J connectivity index is 1.95. The molecule has 1 N–H and O–H groups in total. The lowest BCUT2D eigenvalue weighted by Gasteiger charge is -2.26. The normalized spacial score (nSPS) is 22.2. The van der Waals surface area contributed by atoms with Crippen molar-refractivity contribution in [1.29, 1.82) is 0 Å². The number of aromatic nitrogens is 1. The highest BCUT2D eigenvalue weighted by atomic mass is 19.4. The summed E-state index contributed by atoms with van der Waals surface area (Å²) in [5, 5.41) is 13.9. The van der Waals surface area contributed by atoms with E-state index in [1.54, 1.807) is 19.9 Å². The van der Waals surface area contributed by atoms with Gasteiger partial charge in [0, 0.05) is 24.7 Å². The first kappa shape index (κ1) is 17.0. The molecule has 7 heteroatoms. The largest absolute Gasteiger partial charge is 0.416 e. The number of benzene rings is 1. The van der Waals surface area contributed by atoms with E-state index in [4.69, 9.17) is 4.52 Å². The van der Waals surface area contributed by atoms with Gasteiger partial charge in [-0.3, -0.25) is 4.90 Å². The first-order valence-electron chi connectivity index (χ1n) is 7.77. The predicted molar refractivity (Wildman–Crippen MR) is 81.2 cm³/mol. The lowest BCUT2D eigenvalue weighted by Crippen LogP contribution is -2.26. The highest BCUT2D eigenvalue weighted by Crippen LogP contribution is 2.41. The second kappa shape index (κ2) is 6.22. The number of likely N-dealkylation sites (tertiary alicyclic amines) is 1. The van der Waals surface area contributed by atoms with Crippen LogP contribution in [0.15, 0.2) is 28.8 Å². The molecule has 2 heterocycles. The fraction of sp³-hybridized carbons (Fsp3) is 0.471. The summed E-state index contributed by atoms with van der Waals surface area (Å²) in [5.41, 5.74) is 1.14. The van der Waals surface area contributed by atoms with E-state index in [0.29, 0.717) is 18.8 Å². The van der Waals surface area contributed by atoms with Gasteiger partial charge < -0.3 is 9.63 Å². The monoisotopic (exact) mass is 340 g/mol. The van der Waals surface area contributed by atoms with Crippen LogP contribution in [-0.4, -0.2) is 27.8 Å². The van der Waals surface area contributed by atoms with Crippen molar-refractivity contribution in [1.82, 2.24) is 10.1 Å². The van der Waals surface area contributed by atoms with Gasteiger partial charge in [-0.15, -0.1) is 0 Å². The number of β-amino-alcohol motifs (C(OH)–C–C–N with tert-alkyl or cyclic N) is 1. The van der Waals surface area contributed by atoms with Crippen LogP contribution in [0.4, 0.5) is 13.2 Å². The molecule has 24 heavy (non-hydrogen) atoms. The van der Waals surface area contributed by atoms with E-state index in [-0.39, 0.29) is 12.0 Å². The van der Waals surface area contributed by atoms with Crippen molar-refractivity contribution in [2.45, 2.75) is 45.1 Å². The number of rotatable bonds is 3. The van der Waals surface area contributed by atoms with Gasteiger partial charge in [-0.05, 0) is 31.9 Å². The Kier molecular flexibility index (Phi) is 4.40. The van der Waals surface area contributed by atoms with Crippen molar-refractivity contribution in [3.63, 3.8) is 0 Å². The van der Waals surface area contributed by atoms with Crippen molar-refractivity contribution >= 4 is 0 Å². The van der Waals surface area contributed by atoms with Crippen LogP contribution in [0.5, 0.6) is 0 Å². The molecule has 1 aromatic heterocycles. The second-order valence-corrected chi connectivity index (χ2v) is 6.22. The summed E-state index contributed by atoms with van der Waals surface area (Å²) < 4.78 is 45.1. The van der Waals surface area contributed by atoms with E-state index < -0.39 is 23.9 Å². The number of aliphatic hydroxyl groups is 1. The molecule has 0 radical (unpaired) electrons. The van der Waals surface area contributed by atoms with Crippen molar-refractivity contribution in [3.05, 3.63) is 52.4 Å². The number of aryl methyl sites for hydroxylation is 2. The minimum absolute atomic E-state index is 0.202. The number of hydrogen-bond acceptors (Lipinski definition) is 4. The van der Waals surface area contributed by atoms with Gasteiger partial charge in [-0.25, -0.2) is 0 Å². The molecular formula is C17H19F3N2O2. The number of nitrogens with zero attached hydrogens (tertiary/aromatic N) is 2. The molecule has 0 spiro atoms. The summed E-state index contributed by atoms with van der Waals surface area (Å²) in [6.07, 6.45) is -4.80. The first-order chi connectivity index (χ1) is 11.3. The molecule has 0 aliphatic carbocycles. The zero-order valence-corrected chi connectivity index (χ0v) is 13.5. The molecule has 2 atom stereocenters. The SMILES string of the molecule is Cc1noc(C)c1CN1C[C@@H](O)C[C@@H]1c1ccccc1C(F)(F)F. The lowest BCUT2D eigenvalue weighted by molar-refractivity contribution is -0.138. The van der Waals surface area contributed by atoms with Gasteiger partial charge in [0.05, 0.1) is 17.4 Å². The van der Waals surface area contributed by atoms with Gasteiger partial charge >= 0.3 is 6.18 Å². The van der Waals surface area contributed by atoms with Crippen LogP contribution in [0.1, 0.15) is 40.6 Å². The molecule has 4 nitrogen and oxygen atoms in total. The van der Waals surface area contributed by atoms with E-state index in [1.807, 2.05) is 4.90 Å². The highest BCUT2D eigenvalue weighted by Gasteiger charge is 2.40.